The van der Waals surface area contributed by atoms with Crippen LogP contribution in [0.25, 0.3) is 0 Å². The Balaban J connectivity index is 2.46. The first-order chi connectivity index (χ1) is 7.67. The maximum absolute atomic E-state index is 11.1. The van der Waals surface area contributed by atoms with Crippen LogP contribution in [0, 0.1) is 0 Å². The highest BCUT2D eigenvalue weighted by Gasteiger charge is 2.11. The molecule has 1 rings (SSSR count). The minimum absolute atomic E-state index is 0.0297. The second-order valence-electron chi connectivity index (χ2n) is 2.69. The van der Waals surface area contributed by atoms with Crippen molar-refractivity contribution in [2.45, 2.75) is 6.92 Å². The van der Waals surface area contributed by atoms with Gasteiger partial charge in [-0.15, -0.1) is 11.3 Å². The van der Waals surface area contributed by atoms with Gasteiger partial charge in [0.2, 0.25) is 0 Å². The van der Waals surface area contributed by atoms with Crippen molar-refractivity contribution >= 4 is 28.4 Å². The van der Waals surface area contributed by atoms with E-state index < -0.39 is 5.97 Å². The third-order valence-corrected chi connectivity index (χ3v) is 2.39. The lowest BCUT2D eigenvalue weighted by Gasteiger charge is -2.01. The number of thiazole rings is 1. The molecule has 0 bridgehead atoms. The van der Waals surface area contributed by atoms with E-state index in [1.54, 1.807) is 12.3 Å². The van der Waals surface area contributed by atoms with Gasteiger partial charge >= 0.3 is 11.9 Å². The summed E-state index contributed by atoms with van der Waals surface area (Å²) in [5, 5.41) is 4.79. The number of hydrogen-bond donors (Lipinski definition) is 1. The van der Waals surface area contributed by atoms with Crippen molar-refractivity contribution in [3.05, 3.63) is 11.1 Å². The number of nitrogens with zero attached hydrogens (tertiary/aromatic N) is 1. The Kier molecular flexibility index (Phi) is 4.71. The molecule has 0 amide bonds. The second-order valence-corrected chi connectivity index (χ2v) is 3.55. The van der Waals surface area contributed by atoms with Gasteiger partial charge in [0, 0.05) is 5.38 Å². The van der Waals surface area contributed by atoms with Gasteiger partial charge in [-0.25, -0.2) is 9.78 Å². The third kappa shape index (κ3) is 3.50. The van der Waals surface area contributed by atoms with E-state index in [1.807, 2.05) is 0 Å². The van der Waals surface area contributed by atoms with Crippen molar-refractivity contribution in [3.63, 3.8) is 0 Å². The predicted octanol–water partition coefficient (Wildman–Crippen LogP) is 0.905. The van der Waals surface area contributed by atoms with E-state index in [9.17, 15) is 9.59 Å². The number of aromatic nitrogens is 1. The van der Waals surface area contributed by atoms with Gasteiger partial charge in [0.25, 0.3) is 0 Å². The average Bonchev–Trinajstić information content (AvgIpc) is 2.74. The molecular weight excluding hydrogens is 232 g/mol. The lowest BCUT2D eigenvalue weighted by atomic mass is 10.5. The molecule has 1 aromatic rings. The summed E-state index contributed by atoms with van der Waals surface area (Å²) >= 11 is 1.22. The fraction of sp³-hybridized carbons (Fsp3) is 0.444. The molecule has 0 saturated carbocycles. The largest absolute Gasteiger partial charge is 0.465 e. The van der Waals surface area contributed by atoms with Gasteiger partial charge < -0.3 is 14.8 Å². The van der Waals surface area contributed by atoms with Gasteiger partial charge in [-0.05, 0) is 6.92 Å². The highest BCUT2D eigenvalue weighted by Crippen LogP contribution is 2.15. The summed E-state index contributed by atoms with van der Waals surface area (Å²) < 4.78 is 9.22. The normalized spacial score (nSPS) is 9.62. The molecule has 0 spiro atoms. The zero-order chi connectivity index (χ0) is 12.0. The molecule has 88 valence electrons. The summed E-state index contributed by atoms with van der Waals surface area (Å²) in [7, 11) is 1.29. The fourth-order valence-electron chi connectivity index (χ4n) is 0.913. The van der Waals surface area contributed by atoms with E-state index in [0.717, 1.165) is 0 Å². The predicted molar refractivity (Wildman–Crippen MR) is 58.6 cm³/mol. The van der Waals surface area contributed by atoms with Gasteiger partial charge in [0.15, 0.2) is 10.8 Å². The number of carbonyl (C=O) groups excluding carboxylic acids is 2. The van der Waals surface area contributed by atoms with Crippen LogP contribution in [0.5, 0.6) is 0 Å². The fourth-order valence-corrected chi connectivity index (χ4v) is 1.59. The summed E-state index contributed by atoms with van der Waals surface area (Å²) in [6, 6.07) is 0. The number of methoxy groups -OCH3 is 1. The summed E-state index contributed by atoms with van der Waals surface area (Å²) in [5.41, 5.74) is 0.221. The van der Waals surface area contributed by atoms with E-state index in [2.05, 4.69) is 15.0 Å². The standard InChI is InChI=1S/C9H12N2O4S/c1-3-15-7(12)4-10-9-11-6(5-16-9)8(13)14-2/h5H,3-4H2,1-2H3,(H,10,11). The molecule has 0 unspecified atom stereocenters. The molecule has 0 saturated heterocycles. The van der Waals surface area contributed by atoms with Crippen LogP contribution < -0.4 is 5.32 Å². The van der Waals surface area contributed by atoms with E-state index in [1.165, 1.54) is 18.4 Å². The van der Waals surface area contributed by atoms with Crippen LogP contribution in [0.2, 0.25) is 0 Å². The molecule has 0 aromatic carbocycles. The van der Waals surface area contributed by atoms with Crippen LogP contribution in [0.1, 0.15) is 17.4 Å². The topological polar surface area (TPSA) is 77.5 Å². The van der Waals surface area contributed by atoms with Crippen molar-refractivity contribution in [2.75, 3.05) is 25.6 Å². The molecule has 16 heavy (non-hydrogen) atoms. The molecule has 1 aromatic heterocycles. The van der Waals surface area contributed by atoms with Gasteiger partial charge in [-0.2, -0.15) is 0 Å². The van der Waals surface area contributed by atoms with Crippen LogP contribution in [0.15, 0.2) is 5.38 Å². The van der Waals surface area contributed by atoms with E-state index >= 15 is 0 Å². The van der Waals surface area contributed by atoms with Gasteiger partial charge in [-0.3, -0.25) is 4.79 Å². The molecule has 0 atom stereocenters. The Labute approximate surface area is 96.6 Å². The number of esters is 2. The van der Waals surface area contributed by atoms with Crippen LogP contribution in [0.3, 0.4) is 0 Å². The summed E-state index contributed by atoms with van der Waals surface area (Å²) in [4.78, 5) is 26.0. The first-order valence-electron chi connectivity index (χ1n) is 4.60. The van der Waals surface area contributed by atoms with Crippen molar-refractivity contribution in [2.24, 2.45) is 0 Å². The van der Waals surface area contributed by atoms with Crippen molar-refractivity contribution in [3.8, 4) is 0 Å². The number of hydrogen-bond acceptors (Lipinski definition) is 7. The number of rotatable bonds is 5. The van der Waals surface area contributed by atoms with Gasteiger partial charge in [0.05, 0.1) is 13.7 Å². The molecule has 0 fully saturated rings. The van der Waals surface area contributed by atoms with Crippen LogP contribution in [-0.4, -0.2) is 37.2 Å². The lowest BCUT2D eigenvalue weighted by molar-refractivity contribution is -0.140. The first-order valence-corrected chi connectivity index (χ1v) is 5.48. The second kappa shape index (κ2) is 6.06. The number of carbonyl (C=O) groups is 2. The zero-order valence-corrected chi connectivity index (χ0v) is 9.80. The molecule has 0 aliphatic carbocycles. The maximum atomic E-state index is 11.1. The van der Waals surface area contributed by atoms with E-state index in [-0.39, 0.29) is 18.2 Å². The smallest absolute Gasteiger partial charge is 0.357 e. The Morgan fingerprint density at radius 1 is 1.56 bits per heavy atom. The summed E-state index contributed by atoms with van der Waals surface area (Å²) in [6.07, 6.45) is 0. The first kappa shape index (κ1) is 12.4. The molecule has 0 aliphatic rings. The Bertz CT molecular complexity index is 377. The van der Waals surface area contributed by atoms with Crippen LogP contribution >= 0.6 is 11.3 Å². The van der Waals surface area contributed by atoms with Crippen LogP contribution in [0.4, 0.5) is 5.13 Å². The average molecular weight is 244 g/mol. The van der Waals surface area contributed by atoms with Gasteiger partial charge in [0.1, 0.15) is 6.54 Å². The zero-order valence-electron chi connectivity index (χ0n) is 8.98. The van der Waals surface area contributed by atoms with Gasteiger partial charge in [-0.1, -0.05) is 0 Å². The monoisotopic (exact) mass is 244 g/mol. The summed E-state index contributed by atoms with van der Waals surface area (Å²) in [6.45, 7) is 2.10. The SMILES string of the molecule is CCOC(=O)CNc1nc(C(=O)OC)cs1. The van der Waals surface area contributed by atoms with Crippen molar-refractivity contribution < 1.29 is 19.1 Å². The molecule has 6 nitrogen and oxygen atoms in total. The molecule has 0 aliphatic heterocycles. The number of nitrogens with one attached hydrogen (secondary N) is 1. The molecule has 0 radical (unpaired) electrons. The minimum Gasteiger partial charge on any atom is -0.465 e. The molecule has 1 N–H and O–H groups in total. The molecule has 7 heteroatoms. The highest BCUT2D eigenvalue weighted by molar-refractivity contribution is 7.13. The molecular formula is C9H12N2O4S. The Hall–Kier alpha value is -1.63. The van der Waals surface area contributed by atoms with E-state index in [4.69, 9.17) is 4.74 Å². The lowest BCUT2D eigenvalue weighted by Crippen LogP contribution is -2.16. The quantitative estimate of drug-likeness (QED) is 0.775. The molecule has 1 heterocycles. The Morgan fingerprint density at radius 2 is 2.31 bits per heavy atom. The van der Waals surface area contributed by atoms with Crippen molar-refractivity contribution in [1.82, 2.24) is 4.98 Å². The Morgan fingerprint density at radius 3 is 2.94 bits per heavy atom. The minimum atomic E-state index is -0.500. The number of ether oxygens (including phenoxy) is 2. The summed E-state index contributed by atoms with van der Waals surface area (Å²) in [5.74, 6) is -0.863. The maximum Gasteiger partial charge on any atom is 0.357 e. The third-order valence-electron chi connectivity index (χ3n) is 1.59. The number of anilines is 1. The highest BCUT2D eigenvalue weighted by atomic mass is 32.1. The van der Waals surface area contributed by atoms with Crippen molar-refractivity contribution in [1.29, 1.82) is 0 Å². The van der Waals surface area contributed by atoms with E-state index in [0.29, 0.717) is 11.7 Å². The van der Waals surface area contributed by atoms with Crippen LogP contribution in [-0.2, 0) is 14.3 Å².